The molecule has 0 saturated carbocycles. The summed E-state index contributed by atoms with van der Waals surface area (Å²) in [6.45, 7) is 5.39. The van der Waals surface area contributed by atoms with Crippen LogP contribution in [0.3, 0.4) is 0 Å². The number of benzene rings is 2. The van der Waals surface area contributed by atoms with Crippen molar-refractivity contribution in [1.82, 2.24) is 14.9 Å². The molecule has 0 aliphatic rings. The molecule has 0 atom stereocenters. The minimum absolute atomic E-state index is 0.116. The fourth-order valence-corrected chi connectivity index (χ4v) is 3.55. The van der Waals surface area contributed by atoms with Gasteiger partial charge in [0.2, 0.25) is 5.88 Å². The number of aromatic nitrogens is 3. The Hall–Kier alpha value is -4.20. The van der Waals surface area contributed by atoms with Crippen LogP contribution in [-0.2, 0) is 0 Å². The van der Waals surface area contributed by atoms with Gasteiger partial charge in [-0.3, -0.25) is 10.1 Å². The smallest absolute Gasteiger partial charge is 0.343 e. The van der Waals surface area contributed by atoms with Crippen LogP contribution in [0.2, 0.25) is 0 Å². The van der Waals surface area contributed by atoms with Crippen LogP contribution in [0.1, 0.15) is 37.7 Å². The average Bonchev–Trinajstić information content (AvgIpc) is 3.28. The van der Waals surface area contributed by atoms with Gasteiger partial charge < -0.3 is 9.63 Å². The van der Waals surface area contributed by atoms with Crippen LogP contribution < -0.4 is 5.32 Å². The first-order chi connectivity index (χ1) is 14.9. The van der Waals surface area contributed by atoms with Crippen LogP contribution in [0, 0.1) is 20.8 Å². The van der Waals surface area contributed by atoms with Crippen LogP contribution in [-0.4, -0.2) is 31.9 Å². The Morgan fingerprint density at radius 3 is 2.35 bits per heavy atom. The van der Waals surface area contributed by atoms with Crippen LogP contribution in [0.4, 0.5) is 5.88 Å². The number of hydrogen-bond donors (Lipinski definition) is 2. The predicted octanol–water partition coefficient (Wildman–Crippen LogP) is 4.40. The van der Waals surface area contributed by atoms with Crippen LogP contribution in [0.5, 0.6) is 0 Å². The number of nitrogens with zero attached hydrogens (tertiary/aromatic N) is 3. The number of carbonyl (C=O) groups is 2. The first-order valence-electron chi connectivity index (χ1n) is 9.60. The lowest BCUT2D eigenvalue weighted by atomic mass is 10.1. The van der Waals surface area contributed by atoms with Crippen LogP contribution in [0.15, 0.2) is 59.1 Å². The van der Waals surface area contributed by atoms with Crippen molar-refractivity contribution in [1.29, 1.82) is 0 Å². The highest BCUT2D eigenvalue weighted by atomic mass is 16.5. The zero-order chi connectivity index (χ0) is 22.1. The van der Waals surface area contributed by atoms with E-state index in [4.69, 9.17) is 4.52 Å². The SMILES string of the molecule is Cc1ccccc1C(=O)Nc1onc(-c2c(C)nn(-c3ccccc3)c2C)c1C(=O)O. The third-order valence-electron chi connectivity index (χ3n) is 5.05. The number of aromatic carboxylic acids is 1. The molecular weight excluding hydrogens is 396 g/mol. The van der Waals surface area contributed by atoms with Crippen molar-refractivity contribution in [3.63, 3.8) is 0 Å². The summed E-state index contributed by atoms with van der Waals surface area (Å²) in [6.07, 6.45) is 0. The maximum atomic E-state index is 12.7. The maximum absolute atomic E-state index is 12.7. The summed E-state index contributed by atoms with van der Waals surface area (Å²) in [6, 6.07) is 16.5. The van der Waals surface area contributed by atoms with Crippen molar-refractivity contribution in [3.05, 3.63) is 82.7 Å². The molecule has 8 heteroatoms. The molecular formula is C23H20N4O4. The van der Waals surface area contributed by atoms with Gasteiger partial charge >= 0.3 is 5.97 Å². The van der Waals surface area contributed by atoms with Gasteiger partial charge in [0.1, 0.15) is 5.69 Å². The largest absolute Gasteiger partial charge is 0.477 e. The molecule has 4 rings (SSSR count). The fraction of sp³-hybridized carbons (Fsp3) is 0.130. The van der Waals surface area contributed by atoms with Gasteiger partial charge in [-0.2, -0.15) is 5.10 Å². The molecule has 4 aromatic rings. The second kappa shape index (κ2) is 7.91. The van der Waals surface area contributed by atoms with Gasteiger partial charge in [0.05, 0.1) is 17.1 Å². The molecule has 0 saturated heterocycles. The van der Waals surface area contributed by atoms with Crippen molar-refractivity contribution in [2.75, 3.05) is 5.32 Å². The molecule has 1 amide bonds. The van der Waals surface area contributed by atoms with Gasteiger partial charge in [0.15, 0.2) is 5.56 Å². The lowest BCUT2D eigenvalue weighted by molar-refractivity contribution is 0.0698. The topological polar surface area (TPSA) is 110 Å². The van der Waals surface area contributed by atoms with Gasteiger partial charge in [0, 0.05) is 11.1 Å². The minimum Gasteiger partial charge on any atom is -0.477 e. The van der Waals surface area contributed by atoms with Crippen LogP contribution >= 0.6 is 0 Å². The first-order valence-corrected chi connectivity index (χ1v) is 9.60. The molecule has 8 nitrogen and oxygen atoms in total. The molecule has 31 heavy (non-hydrogen) atoms. The lowest BCUT2D eigenvalue weighted by Gasteiger charge is -2.06. The average molecular weight is 416 g/mol. The van der Waals surface area contributed by atoms with Crippen molar-refractivity contribution in [3.8, 4) is 16.9 Å². The molecule has 0 aliphatic heterocycles. The minimum atomic E-state index is -1.26. The predicted molar refractivity (Wildman–Crippen MR) is 115 cm³/mol. The molecule has 2 aromatic carbocycles. The Labute approximate surface area is 178 Å². The molecule has 156 valence electrons. The Kier molecular flexibility index (Phi) is 5.12. The number of carboxylic acid groups (broad SMARTS) is 1. The number of carboxylic acids is 1. The van der Waals surface area contributed by atoms with E-state index in [0.29, 0.717) is 22.5 Å². The second-order valence-electron chi connectivity index (χ2n) is 7.10. The second-order valence-corrected chi connectivity index (χ2v) is 7.10. The normalized spacial score (nSPS) is 10.8. The number of anilines is 1. The highest BCUT2D eigenvalue weighted by Crippen LogP contribution is 2.34. The number of aryl methyl sites for hydroxylation is 2. The molecule has 2 N–H and O–H groups in total. The molecule has 0 bridgehead atoms. The van der Waals surface area contributed by atoms with Gasteiger partial charge in [0.25, 0.3) is 5.91 Å². The van der Waals surface area contributed by atoms with E-state index >= 15 is 0 Å². The Morgan fingerprint density at radius 2 is 1.68 bits per heavy atom. The summed E-state index contributed by atoms with van der Waals surface area (Å²) in [7, 11) is 0. The van der Waals surface area contributed by atoms with Crippen molar-refractivity contribution >= 4 is 17.8 Å². The van der Waals surface area contributed by atoms with E-state index < -0.39 is 11.9 Å². The molecule has 0 radical (unpaired) electrons. The van der Waals surface area contributed by atoms with Gasteiger partial charge in [-0.25, -0.2) is 9.48 Å². The Balaban J connectivity index is 1.77. The van der Waals surface area contributed by atoms with Gasteiger partial charge in [-0.05, 0) is 44.5 Å². The molecule has 2 aromatic heterocycles. The highest BCUT2D eigenvalue weighted by Gasteiger charge is 2.29. The van der Waals surface area contributed by atoms with E-state index in [1.54, 1.807) is 36.7 Å². The third-order valence-corrected chi connectivity index (χ3v) is 5.05. The Morgan fingerprint density at radius 1 is 1.00 bits per heavy atom. The summed E-state index contributed by atoms with van der Waals surface area (Å²) in [5.74, 6) is -1.96. The van der Waals surface area contributed by atoms with E-state index in [9.17, 15) is 14.7 Å². The van der Waals surface area contributed by atoms with Gasteiger partial charge in [-0.15, -0.1) is 0 Å². The highest BCUT2D eigenvalue weighted by molar-refractivity contribution is 6.09. The lowest BCUT2D eigenvalue weighted by Crippen LogP contribution is -2.15. The summed E-state index contributed by atoms with van der Waals surface area (Å²) < 4.78 is 6.99. The monoisotopic (exact) mass is 416 g/mol. The summed E-state index contributed by atoms with van der Waals surface area (Å²) >= 11 is 0. The number of nitrogens with one attached hydrogen (secondary N) is 1. The maximum Gasteiger partial charge on any atom is 0.343 e. The molecule has 0 aliphatic carbocycles. The quantitative estimate of drug-likeness (QED) is 0.499. The van der Waals surface area contributed by atoms with E-state index in [1.165, 1.54) is 0 Å². The van der Waals surface area contributed by atoms with E-state index in [0.717, 1.165) is 11.3 Å². The van der Waals surface area contributed by atoms with E-state index in [-0.39, 0.29) is 17.1 Å². The first kappa shape index (κ1) is 20.1. The number of rotatable bonds is 5. The van der Waals surface area contributed by atoms with E-state index in [2.05, 4.69) is 15.6 Å². The number of hydrogen-bond acceptors (Lipinski definition) is 5. The van der Waals surface area contributed by atoms with Crippen molar-refractivity contribution in [2.45, 2.75) is 20.8 Å². The van der Waals surface area contributed by atoms with Crippen molar-refractivity contribution in [2.24, 2.45) is 0 Å². The summed E-state index contributed by atoms with van der Waals surface area (Å²) in [5, 5.41) is 20.9. The Bertz CT molecular complexity index is 1290. The molecule has 0 fully saturated rings. The zero-order valence-corrected chi connectivity index (χ0v) is 17.2. The summed E-state index contributed by atoms with van der Waals surface area (Å²) in [4.78, 5) is 24.8. The van der Waals surface area contributed by atoms with Crippen molar-refractivity contribution < 1.29 is 19.2 Å². The summed E-state index contributed by atoms with van der Waals surface area (Å²) in [5.41, 5.74) is 3.74. The standard InChI is InChI=1S/C23H20N4O4/c1-13-9-7-8-12-17(13)21(28)24-22-19(23(29)30)20(26-31-22)18-14(2)25-27(15(18)3)16-10-5-4-6-11-16/h4-12H,1-3H3,(H,24,28)(H,29,30). The fourth-order valence-electron chi connectivity index (χ4n) is 3.55. The van der Waals surface area contributed by atoms with Crippen LogP contribution in [0.25, 0.3) is 16.9 Å². The zero-order valence-electron chi connectivity index (χ0n) is 17.2. The molecule has 2 heterocycles. The molecule has 0 spiro atoms. The number of carbonyl (C=O) groups excluding carboxylic acids is 1. The number of para-hydroxylation sites is 1. The third kappa shape index (κ3) is 3.59. The number of amides is 1. The molecule has 0 unspecified atom stereocenters. The van der Waals surface area contributed by atoms with E-state index in [1.807, 2.05) is 43.3 Å². The van der Waals surface area contributed by atoms with Gasteiger partial charge in [-0.1, -0.05) is 41.6 Å².